The molecule has 0 unspecified atom stereocenters. The summed E-state index contributed by atoms with van der Waals surface area (Å²) >= 11 is 7.24. The quantitative estimate of drug-likeness (QED) is 0.898. The third-order valence-corrected chi connectivity index (χ3v) is 6.19. The summed E-state index contributed by atoms with van der Waals surface area (Å²) in [5, 5.41) is 2.80. The van der Waals surface area contributed by atoms with Gasteiger partial charge in [-0.05, 0) is 18.1 Å². The predicted octanol–water partition coefficient (Wildman–Crippen LogP) is 1.98. The first-order valence-corrected chi connectivity index (χ1v) is 9.35. The summed E-state index contributed by atoms with van der Waals surface area (Å²) in [5.41, 5.74) is 0. The van der Waals surface area contributed by atoms with Crippen LogP contribution in [-0.2, 0) is 16.4 Å². The first-order chi connectivity index (χ1) is 9.35. The molecule has 1 aromatic rings. The fourth-order valence-corrected chi connectivity index (χ4v) is 4.86. The van der Waals surface area contributed by atoms with E-state index in [9.17, 15) is 13.2 Å². The molecule has 1 aliphatic rings. The second-order valence-electron chi connectivity index (χ2n) is 5.03. The van der Waals surface area contributed by atoms with Crippen LogP contribution in [0.25, 0.3) is 0 Å². The zero-order valence-corrected chi connectivity index (χ0v) is 13.5. The maximum Gasteiger partial charge on any atom is 0.317 e. The number of nitrogens with zero attached hydrogens (tertiary/aromatic N) is 1. The van der Waals surface area contributed by atoms with E-state index in [2.05, 4.69) is 5.32 Å². The van der Waals surface area contributed by atoms with Crippen LogP contribution in [0.15, 0.2) is 12.1 Å². The van der Waals surface area contributed by atoms with Crippen molar-refractivity contribution in [3.05, 3.63) is 21.3 Å². The van der Waals surface area contributed by atoms with E-state index in [1.807, 2.05) is 13.0 Å². The number of rotatable bonds is 2. The Hall–Kier alpha value is -0.790. The number of hydrogen-bond donors (Lipinski definition) is 1. The van der Waals surface area contributed by atoms with Crippen molar-refractivity contribution in [3.63, 3.8) is 0 Å². The van der Waals surface area contributed by atoms with Gasteiger partial charge in [0.05, 0.1) is 22.4 Å². The van der Waals surface area contributed by atoms with Gasteiger partial charge in [-0.1, -0.05) is 18.5 Å². The van der Waals surface area contributed by atoms with Crippen LogP contribution in [-0.4, -0.2) is 43.9 Å². The van der Waals surface area contributed by atoms with Gasteiger partial charge in [0.15, 0.2) is 9.84 Å². The fraction of sp³-hybridized carbons (Fsp3) is 0.583. The highest BCUT2D eigenvalue weighted by molar-refractivity contribution is 7.91. The Kier molecular flexibility index (Phi) is 4.93. The summed E-state index contributed by atoms with van der Waals surface area (Å²) in [6.45, 7) is 2.98. The Labute approximate surface area is 127 Å². The maximum atomic E-state index is 12.1. The van der Waals surface area contributed by atoms with Crippen LogP contribution in [0, 0.1) is 5.92 Å². The number of urea groups is 1. The number of carbonyl (C=O) groups is 1. The Bertz CT molecular complexity index is 585. The minimum absolute atomic E-state index is 0.0373. The lowest BCUT2D eigenvalue weighted by Crippen LogP contribution is -2.42. The zero-order valence-electron chi connectivity index (χ0n) is 11.1. The Balaban J connectivity index is 1.91. The molecule has 112 valence electrons. The minimum Gasteiger partial charge on any atom is -0.333 e. The van der Waals surface area contributed by atoms with Gasteiger partial charge < -0.3 is 10.2 Å². The highest BCUT2D eigenvalue weighted by atomic mass is 35.5. The molecular weight excluding hydrogens is 320 g/mol. The van der Waals surface area contributed by atoms with Gasteiger partial charge in [-0.25, -0.2) is 13.2 Å². The monoisotopic (exact) mass is 336 g/mol. The summed E-state index contributed by atoms with van der Waals surface area (Å²) in [5.74, 6) is 0.150. The highest BCUT2D eigenvalue weighted by Crippen LogP contribution is 2.21. The van der Waals surface area contributed by atoms with Gasteiger partial charge in [0, 0.05) is 18.0 Å². The van der Waals surface area contributed by atoms with Crippen molar-refractivity contribution in [2.24, 2.45) is 5.92 Å². The molecule has 0 radical (unpaired) electrons. The smallest absolute Gasteiger partial charge is 0.317 e. The van der Waals surface area contributed by atoms with E-state index >= 15 is 0 Å². The Morgan fingerprint density at radius 1 is 1.55 bits per heavy atom. The molecule has 1 N–H and O–H groups in total. The van der Waals surface area contributed by atoms with Crippen molar-refractivity contribution in [1.29, 1.82) is 0 Å². The third kappa shape index (κ3) is 4.36. The molecule has 0 bridgehead atoms. The molecule has 0 saturated carbocycles. The van der Waals surface area contributed by atoms with Crippen LogP contribution in [0.2, 0.25) is 4.34 Å². The van der Waals surface area contributed by atoms with Crippen LogP contribution in [0.4, 0.5) is 4.79 Å². The number of halogens is 1. The molecule has 5 nitrogen and oxygen atoms in total. The first kappa shape index (κ1) is 15.6. The van der Waals surface area contributed by atoms with Gasteiger partial charge >= 0.3 is 6.03 Å². The SMILES string of the molecule is C[C@@H]1CN(C(=O)NCc2ccc(Cl)s2)CCS(=O)(=O)C1. The normalized spacial score (nSPS) is 22.3. The molecular formula is C12H17ClN2O3S2. The van der Waals surface area contributed by atoms with E-state index in [1.165, 1.54) is 11.3 Å². The molecule has 1 saturated heterocycles. The van der Waals surface area contributed by atoms with Crippen LogP contribution >= 0.6 is 22.9 Å². The molecule has 0 aliphatic carbocycles. The number of sulfone groups is 1. The van der Waals surface area contributed by atoms with Gasteiger partial charge in [-0.2, -0.15) is 0 Å². The molecule has 2 rings (SSSR count). The second-order valence-corrected chi connectivity index (χ2v) is 9.06. The summed E-state index contributed by atoms with van der Waals surface area (Å²) in [6, 6.07) is 3.43. The molecule has 1 atom stereocenters. The number of thiophene rings is 1. The van der Waals surface area contributed by atoms with E-state index in [0.717, 1.165) is 4.88 Å². The lowest BCUT2D eigenvalue weighted by atomic mass is 10.2. The largest absolute Gasteiger partial charge is 0.333 e. The van der Waals surface area contributed by atoms with Gasteiger partial charge in [-0.15, -0.1) is 11.3 Å². The van der Waals surface area contributed by atoms with Crippen LogP contribution < -0.4 is 5.32 Å². The average Bonchev–Trinajstić information content (AvgIpc) is 2.70. The third-order valence-electron chi connectivity index (χ3n) is 3.07. The summed E-state index contributed by atoms with van der Waals surface area (Å²) in [4.78, 5) is 14.6. The van der Waals surface area contributed by atoms with Crippen molar-refractivity contribution in [1.82, 2.24) is 10.2 Å². The van der Waals surface area contributed by atoms with Gasteiger partial charge in [0.2, 0.25) is 0 Å². The van der Waals surface area contributed by atoms with Crippen LogP contribution in [0.3, 0.4) is 0 Å². The van der Waals surface area contributed by atoms with E-state index in [-0.39, 0.29) is 30.0 Å². The minimum atomic E-state index is -3.04. The average molecular weight is 337 g/mol. The predicted molar refractivity (Wildman–Crippen MR) is 81.0 cm³/mol. The zero-order chi connectivity index (χ0) is 14.8. The van der Waals surface area contributed by atoms with Crippen molar-refractivity contribution in [2.45, 2.75) is 13.5 Å². The summed E-state index contributed by atoms with van der Waals surface area (Å²) in [7, 11) is -3.04. The summed E-state index contributed by atoms with van der Waals surface area (Å²) in [6.07, 6.45) is 0. The Morgan fingerprint density at radius 3 is 2.95 bits per heavy atom. The van der Waals surface area contributed by atoms with Crippen LogP contribution in [0.1, 0.15) is 11.8 Å². The van der Waals surface area contributed by atoms with Gasteiger partial charge in [0.25, 0.3) is 0 Å². The maximum absolute atomic E-state index is 12.1. The second kappa shape index (κ2) is 6.32. The molecule has 1 aliphatic heterocycles. The first-order valence-electron chi connectivity index (χ1n) is 6.33. The number of amides is 2. The van der Waals surface area contributed by atoms with Gasteiger partial charge in [-0.3, -0.25) is 0 Å². The number of carbonyl (C=O) groups excluding carboxylic acids is 1. The number of hydrogen-bond acceptors (Lipinski definition) is 4. The molecule has 0 aromatic carbocycles. The lowest BCUT2D eigenvalue weighted by molar-refractivity contribution is 0.195. The van der Waals surface area contributed by atoms with Crippen molar-refractivity contribution >= 4 is 38.8 Å². The number of nitrogens with one attached hydrogen (secondary N) is 1. The molecule has 0 spiro atoms. The molecule has 1 aromatic heterocycles. The Morgan fingerprint density at radius 2 is 2.30 bits per heavy atom. The molecule has 8 heteroatoms. The lowest BCUT2D eigenvalue weighted by Gasteiger charge is -2.22. The van der Waals surface area contributed by atoms with E-state index in [1.54, 1.807) is 11.0 Å². The van der Waals surface area contributed by atoms with E-state index < -0.39 is 9.84 Å². The van der Waals surface area contributed by atoms with Crippen molar-refractivity contribution in [3.8, 4) is 0 Å². The fourth-order valence-electron chi connectivity index (χ4n) is 2.19. The van der Waals surface area contributed by atoms with Crippen LogP contribution in [0.5, 0.6) is 0 Å². The summed E-state index contributed by atoms with van der Waals surface area (Å²) < 4.78 is 24.0. The van der Waals surface area contributed by atoms with E-state index in [0.29, 0.717) is 17.4 Å². The molecule has 20 heavy (non-hydrogen) atoms. The topological polar surface area (TPSA) is 66.5 Å². The molecule has 1 fully saturated rings. The van der Waals surface area contributed by atoms with Crippen molar-refractivity contribution in [2.75, 3.05) is 24.6 Å². The van der Waals surface area contributed by atoms with Gasteiger partial charge in [0.1, 0.15) is 0 Å². The standard InChI is InChI=1S/C12H17ClN2O3S2/c1-9-7-15(4-5-20(17,18)8-9)12(16)14-6-10-2-3-11(13)19-10/h2-3,9H,4-8H2,1H3,(H,14,16)/t9-/m1/s1. The molecule has 2 amide bonds. The van der Waals surface area contributed by atoms with Crippen molar-refractivity contribution < 1.29 is 13.2 Å². The van der Waals surface area contributed by atoms with E-state index in [4.69, 9.17) is 11.6 Å². The highest BCUT2D eigenvalue weighted by Gasteiger charge is 2.26. The molecule has 2 heterocycles.